The van der Waals surface area contributed by atoms with E-state index in [-0.39, 0.29) is 6.61 Å². The van der Waals surface area contributed by atoms with Crippen molar-refractivity contribution in [1.82, 2.24) is 4.98 Å². The van der Waals surface area contributed by atoms with Crippen LogP contribution in [-0.2, 0) is 6.42 Å². The van der Waals surface area contributed by atoms with Gasteiger partial charge in [0.15, 0.2) is 0 Å². The average Bonchev–Trinajstić information content (AvgIpc) is 2.61. The number of fused-ring (bicyclic) bond motifs is 1. The Morgan fingerprint density at radius 1 is 0.957 bits per heavy atom. The normalized spacial score (nSPS) is 10.9. The van der Waals surface area contributed by atoms with Crippen LogP contribution in [0.2, 0.25) is 0 Å². The number of hydrogen-bond acceptors (Lipinski definition) is 3. The summed E-state index contributed by atoms with van der Waals surface area (Å²) in [6.07, 6.45) is 2.65. The Kier molecular flexibility index (Phi) is 4.89. The molecule has 0 radical (unpaired) electrons. The second-order valence-electron chi connectivity index (χ2n) is 5.57. The maximum absolute atomic E-state index is 8.96. The van der Waals surface area contributed by atoms with Crippen LogP contribution in [0.25, 0.3) is 22.2 Å². The zero-order valence-corrected chi connectivity index (χ0v) is 13.3. The van der Waals surface area contributed by atoms with Gasteiger partial charge in [-0.05, 0) is 43.0 Å². The molecular formula is C20H21NO2. The second kappa shape index (κ2) is 7.25. The first-order valence-corrected chi connectivity index (χ1v) is 7.96. The van der Waals surface area contributed by atoms with Gasteiger partial charge >= 0.3 is 0 Å². The third kappa shape index (κ3) is 3.35. The Hall–Kier alpha value is -2.39. The lowest BCUT2D eigenvalue weighted by molar-refractivity contribution is 0.284. The number of aromatic nitrogens is 1. The minimum absolute atomic E-state index is 0.230. The second-order valence-corrected chi connectivity index (χ2v) is 5.57. The number of aliphatic hydroxyl groups is 1. The Morgan fingerprint density at radius 2 is 1.83 bits per heavy atom. The van der Waals surface area contributed by atoms with E-state index >= 15 is 0 Å². The molecule has 0 aliphatic rings. The van der Waals surface area contributed by atoms with Crippen molar-refractivity contribution in [3.05, 3.63) is 60.2 Å². The van der Waals surface area contributed by atoms with Crippen LogP contribution in [0.4, 0.5) is 0 Å². The molecule has 3 rings (SSSR count). The lowest BCUT2D eigenvalue weighted by Gasteiger charge is -2.13. The van der Waals surface area contributed by atoms with E-state index in [1.165, 1.54) is 0 Å². The van der Waals surface area contributed by atoms with E-state index in [4.69, 9.17) is 14.8 Å². The van der Waals surface area contributed by atoms with Crippen LogP contribution >= 0.6 is 0 Å². The van der Waals surface area contributed by atoms with E-state index in [0.29, 0.717) is 0 Å². The molecule has 0 aliphatic carbocycles. The van der Waals surface area contributed by atoms with Gasteiger partial charge < -0.3 is 9.84 Å². The van der Waals surface area contributed by atoms with Crippen molar-refractivity contribution in [2.45, 2.75) is 19.3 Å². The van der Waals surface area contributed by atoms with Gasteiger partial charge in [0.25, 0.3) is 0 Å². The highest BCUT2D eigenvalue weighted by molar-refractivity contribution is 5.82. The number of benzene rings is 2. The van der Waals surface area contributed by atoms with Gasteiger partial charge in [-0.25, -0.2) is 4.98 Å². The average molecular weight is 307 g/mol. The quantitative estimate of drug-likeness (QED) is 0.693. The molecule has 0 saturated heterocycles. The molecule has 0 aliphatic heterocycles. The van der Waals surface area contributed by atoms with Gasteiger partial charge in [0.05, 0.1) is 18.3 Å². The first kappa shape index (κ1) is 15.5. The van der Waals surface area contributed by atoms with Gasteiger partial charge in [-0.1, -0.05) is 36.4 Å². The molecular weight excluding hydrogens is 286 g/mol. The Labute approximate surface area is 136 Å². The molecule has 0 spiro atoms. The van der Waals surface area contributed by atoms with Crippen LogP contribution < -0.4 is 4.74 Å². The summed E-state index contributed by atoms with van der Waals surface area (Å²) in [7, 11) is 1.70. The van der Waals surface area contributed by atoms with E-state index in [0.717, 1.165) is 52.7 Å². The summed E-state index contributed by atoms with van der Waals surface area (Å²) < 4.78 is 5.67. The third-order valence-corrected chi connectivity index (χ3v) is 4.03. The molecule has 0 amide bonds. The van der Waals surface area contributed by atoms with Gasteiger partial charge in [0.2, 0.25) is 0 Å². The fourth-order valence-corrected chi connectivity index (χ4v) is 2.87. The number of pyridine rings is 1. The molecule has 118 valence electrons. The highest BCUT2D eigenvalue weighted by Gasteiger charge is 2.12. The summed E-state index contributed by atoms with van der Waals surface area (Å²) in [5.74, 6) is 0.883. The van der Waals surface area contributed by atoms with Gasteiger partial charge in [0, 0.05) is 17.6 Å². The minimum Gasteiger partial charge on any atom is -0.496 e. The topological polar surface area (TPSA) is 42.4 Å². The largest absolute Gasteiger partial charge is 0.496 e. The van der Waals surface area contributed by atoms with Crippen molar-refractivity contribution < 1.29 is 9.84 Å². The molecule has 1 N–H and O–H groups in total. The van der Waals surface area contributed by atoms with Gasteiger partial charge in [0.1, 0.15) is 5.75 Å². The first-order chi connectivity index (χ1) is 11.3. The Bertz CT molecular complexity index is 799. The Balaban J connectivity index is 2.01. The maximum atomic E-state index is 8.96. The number of unbranched alkanes of at least 4 members (excludes halogenated alkanes) is 1. The van der Waals surface area contributed by atoms with E-state index in [1.807, 2.05) is 36.4 Å². The predicted octanol–water partition coefficient (Wildman–Crippen LogP) is 4.23. The number of aliphatic hydroxyl groups excluding tert-OH is 1. The number of ether oxygens (including phenoxy) is 1. The summed E-state index contributed by atoms with van der Waals surface area (Å²) in [4.78, 5) is 4.77. The zero-order valence-electron chi connectivity index (χ0n) is 13.3. The van der Waals surface area contributed by atoms with Gasteiger partial charge in [-0.15, -0.1) is 0 Å². The fraction of sp³-hybridized carbons (Fsp3) is 0.250. The summed E-state index contributed by atoms with van der Waals surface area (Å²) >= 11 is 0. The van der Waals surface area contributed by atoms with Crippen molar-refractivity contribution in [2.24, 2.45) is 0 Å². The molecule has 1 heterocycles. The zero-order chi connectivity index (χ0) is 16.1. The monoisotopic (exact) mass is 307 g/mol. The van der Waals surface area contributed by atoms with Gasteiger partial charge in [-0.2, -0.15) is 0 Å². The van der Waals surface area contributed by atoms with E-state index in [9.17, 15) is 0 Å². The molecule has 0 saturated carbocycles. The summed E-state index contributed by atoms with van der Waals surface area (Å²) in [6.45, 7) is 0.230. The Morgan fingerprint density at radius 3 is 2.65 bits per heavy atom. The standard InChI is InChI=1S/C20H21NO2/c1-23-20-16(8-4-5-14-22)9-6-10-17(20)19-13-12-15-7-2-3-11-18(15)21-19/h2-3,6-7,9-13,22H,4-5,8,14H2,1H3. The van der Waals surface area contributed by atoms with Crippen LogP contribution in [-0.4, -0.2) is 23.8 Å². The lowest BCUT2D eigenvalue weighted by atomic mass is 10.0. The summed E-state index contributed by atoms with van der Waals surface area (Å²) in [6, 6.07) is 18.4. The van der Waals surface area contributed by atoms with Crippen molar-refractivity contribution >= 4 is 10.9 Å². The minimum atomic E-state index is 0.230. The van der Waals surface area contributed by atoms with Crippen molar-refractivity contribution in [3.63, 3.8) is 0 Å². The number of hydrogen-bond donors (Lipinski definition) is 1. The SMILES string of the molecule is COc1c(CCCCO)cccc1-c1ccc2ccccc2n1. The number of aryl methyl sites for hydroxylation is 1. The molecule has 0 unspecified atom stereocenters. The smallest absolute Gasteiger partial charge is 0.131 e. The van der Waals surface area contributed by atoms with Crippen LogP contribution in [0.15, 0.2) is 54.6 Å². The predicted molar refractivity (Wildman–Crippen MR) is 93.8 cm³/mol. The van der Waals surface area contributed by atoms with Crippen molar-refractivity contribution in [2.75, 3.05) is 13.7 Å². The molecule has 3 nitrogen and oxygen atoms in total. The van der Waals surface area contributed by atoms with Crippen LogP contribution in [0.5, 0.6) is 5.75 Å². The number of methoxy groups -OCH3 is 1. The van der Waals surface area contributed by atoms with Gasteiger partial charge in [-0.3, -0.25) is 0 Å². The number of nitrogens with zero attached hydrogens (tertiary/aromatic N) is 1. The summed E-state index contributed by atoms with van der Waals surface area (Å²) in [5, 5.41) is 10.1. The van der Waals surface area contributed by atoms with Crippen LogP contribution in [0, 0.1) is 0 Å². The number of rotatable bonds is 6. The summed E-state index contributed by atoms with van der Waals surface area (Å²) in [5.41, 5.74) is 4.08. The molecule has 3 heteroatoms. The molecule has 0 fully saturated rings. The number of para-hydroxylation sites is 2. The van der Waals surface area contributed by atoms with E-state index in [1.54, 1.807) is 7.11 Å². The molecule has 1 aromatic heterocycles. The first-order valence-electron chi connectivity index (χ1n) is 7.96. The highest BCUT2D eigenvalue weighted by atomic mass is 16.5. The fourth-order valence-electron chi connectivity index (χ4n) is 2.87. The molecule has 0 atom stereocenters. The molecule has 23 heavy (non-hydrogen) atoms. The van der Waals surface area contributed by atoms with Crippen LogP contribution in [0.3, 0.4) is 0 Å². The maximum Gasteiger partial charge on any atom is 0.131 e. The van der Waals surface area contributed by atoms with Crippen molar-refractivity contribution in [3.8, 4) is 17.0 Å². The van der Waals surface area contributed by atoms with Crippen molar-refractivity contribution in [1.29, 1.82) is 0 Å². The molecule has 0 bridgehead atoms. The molecule has 2 aromatic carbocycles. The highest BCUT2D eigenvalue weighted by Crippen LogP contribution is 2.33. The third-order valence-electron chi connectivity index (χ3n) is 4.03. The molecule has 3 aromatic rings. The van der Waals surface area contributed by atoms with Crippen LogP contribution in [0.1, 0.15) is 18.4 Å². The van der Waals surface area contributed by atoms with E-state index < -0.39 is 0 Å². The lowest BCUT2D eigenvalue weighted by Crippen LogP contribution is -1.97. The van der Waals surface area contributed by atoms with E-state index in [2.05, 4.69) is 18.2 Å².